The van der Waals surface area contributed by atoms with Gasteiger partial charge >= 0.3 is 0 Å². The molecule has 4 nitrogen and oxygen atoms in total. The van der Waals surface area contributed by atoms with E-state index in [0.29, 0.717) is 12.8 Å². The van der Waals surface area contributed by atoms with E-state index < -0.39 is 0 Å². The lowest BCUT2D eigenvalue weighted by atomic mass is 10.1. The van der Waals surface area contributed by atoms with Crippen LogP contribution >= 0.6 is 0 Å². The van der Waals surface area contributed by atoms with Crippen LogP contribution < -0.4 is 5.73 Å². The van der Waals surface area contributed by atoms with Gasteiger partial charge in [-0.15, -0.1) is 0 Å². The maximum Gasteiger partial charge on any atom is 0.222 e. The summed E-state index contributed by atoms with van der Waals surface area (Å²) in [5.41, 5.74) is 7.52. The Kier molecular flexibility index (Phi) is 4.97. The number of benzene rings is 1. The van der Waals surface area contributed by atoms with E-state index in [9.17, 15) is 4.79 Å². The zero-order valence-electron chi connectivity index (χ0n) is 10.4. The van der Waals surface area contributed by atoms with Crippen molar-refractivity contribution in [3.63, 3.8) is 0 Å². The lowest BCUT2D eigenvalue weighted by Crippen LogP contribution is -2.37. The average molecular weight is 236 g/mol. The quantitative estimate of drug-likeness (QED) is 0.751. The largest absolute Gasteiger partial charge is 0.399 e. The van der Waals surface area contributed by atoms with Gasteiger partial charge in [0.2, 0.25) is 5.91 Å². The van der Waals surface area contributed by atoms with Gasteiger partial charge in [-0.05, 0) is 25.0 Å². The summed E-state index contributed by atoms with van der Waals surface area (Å²) in [6.45, 7) is 1.80. The topological polar surface area (TPSA) is 66.6 Å². The summed E-state index contributed by atoms with van der Waals surface area (Å²) in [4.78, 5) is 13.4. The van der Waals surface area contributed by atoms with Crippen LogP contribution in [0, 0.1) is 0 Å². The van der Waals surface area contributed by atoms with Gasteiger partial charge in [0.25, 0.3) is 0 Å². The standard InChI is InChI=1S/C13H20N2O2/c1-10(9-16)15(2)13(17)8-7-11-5-3-4-6-12(11)14/h3-6,10,16H,7-9,14H2,1-2H3. The van der Waals surface area contributed by atoms with Crippen LogP contribution in [0.15, 0.2) is 24.3 Å². The molecular weight excluding hydrogens is 216 g/mol. The fraction of sp³-hybridized carbons (Fsp3) is 0.462. The molecule has 1 unspecified atom stereocenters. The first-order chi connectivity index (χ1) is 8.06. The summed E-state index contributed by atoms with van der Waals surface area (Å²) in [7, 11) is 1.71. The van der Waals surface area contributed by atoms with E-state index in [1.807, 2.05) is 31.2 Å². The van der Waals surface area contributed by atoms with E-state index in [4.69, 9.17) is 10.8 Å². The van der Waals surface area contributed by atoms with Gasteiger partial charge in [-0.25, -0.2) is 0 Å². The number of carbonyl (C=O) groups is 1. The van der Waals surface area contributed by atoms with Crippen LogP contribution in [0.3, 0.4) is 0 Å². The van der Waals surface area contributed by atoms with Gasteiger partial charge in [-0.2, -0.15) is 0 Å². The SMILES string of the molecule is CC(CO)N(C)C(=O)CCc1ccccc1N. The van der Waals surface area contributed by atoms with Crippen molar-refractivity contribution >= 4 is 11.6 Å². The molecule has 0 heterocycles. The molecule has 0 aliphatic heterocycles. The van der Waals surface area contributed by atoms with Crippen molar-refractivity contribution in [2.45, 2.75) is 25.8 Å². The summed E-state index contributed by atoms with van der Waals surface area (Å²) in [6, 6.07) is 7.41. The van der Waals surface area contributed by atoms with Crippen LogP contribution in [0.4, 0.5) is 5.69 Å². The van der Waals surface area contributed by atoms with Crippen molar-refractivity contribution < 1.29 is 9.90 Å². The minimum absolute atomic E-state index is 0.0181. The Labute approximate surface area is 102 Å². The number of rotatable bonds is 5. The minimum atomic E-state index is -0.143. The third kappa shape index (κ3) is 3.75. The third-order valence-electron chi connectivity index (χ3n) is 2.98. The fourth-order valence-corrected chi connectivity index (χ4v) is 1.55. The lowest BCUT2D eigenvalue weighted by Gasteiger charge is -2.23. The molecule has 0 aromatic heterocycles. The number of hydrogen-bond donors (Lipinski definition) is 2. The third-order valence-corrected chi connectivity index (χ3v) is 2.98. The van der Waals surface area contributed by atoms with Crippen molar-refractivity contribution in [3.05, 3.63) is 29.8 Å². The molecule has 1 atom stereocenters. The zero-order valence-corrected chi connectivity index (χ0v) is 10.4. The molecule has 0 bridgehead atoms. The van der Waals surface area contributed by atoms with Crippen LogP contribution in [0.1, 0.15) is 18.9 Å². The summed E-state index contributed by atoms with van der Waals surface area (Å²) in [5, 5.41) is 8.97. The van der Waals surface area contributed by atoms with Crippen molar-refractivity contribution in [2.24, 2.45) is 0 Å². The number of aliphatic hydroxyl groups excluding tert-OH is 1. The Morgan fingerprint density at radius 1 is 1.47 bits per heavy atom. The van der Waals surface area contributed by atoms with Gasteiger partial charge in [0.05, 0.1) is 12.6 Å². The number of nitrogens with two attached hydrogens (primary N) is 1. The van der Waals surface area contributed by atoms with E-state index in [-0.39, 0.29) is 18.6 Å². The summed E-state index contributed by atoms with van der Waals surface area (Å²) < 4.78 is 0. The second-order valence-electron chi connectivity index (χ2n) is 4.24. The minimum Gasteiger partial charge on any atom is -0.399 e. The normalized spacial score (nSPS) is 12.2. The highest BCUT2D eigenvalue weighted by atomic mass is 16.3. The Hall–Kier alpha value is -1.55. The number of likely N-dealkylation sites (N-methyl/N-ethyl adjacent to an activating group) is 1. The predicted octanol–water partition coefficient (Wildman–Crippen LogP) is 1.04. The van der Waals surface area contributed by atoms with E-state index in [0.717, 1.165) is 11.3 Å². The molecule has 0 spiro atoms. The van der Waals surface area contributed by atoms with Crippen molar-refractivity contribution in [3.8, 4) is 0 Å². The Morgan fingerprint density at radius 2 is 2.12 bits per heavy atom. The summed E-state index contributed by atoms with van der Waals surface area (Å²) in [6.07, 6.45) is 1.04. The molecule has 3 N–H and O–H groups in total. The molecule has 1 aromatic rings. The lowest BCUT2D eigenvalue weighted by molar-refractivity contribution is -0.132. The number of aliphatic hydroxyl groups is 1. The molecule has 0 radical (unpaired) electrons. The van der Waals surface area contributed by atoms with Gasteiger partial charge in [0, 0.05) is 19.2 Å². The number of carbonyl (C=O) groups excluding carboxylic acids is 1. The van der Waals surface area contributed by atoms with Gasteiger partial charge in [-0.3, -0.25) is 4.79 Å². The molecular formula is C13H20N2O2. The number of nitrogen functional groups attached to an aromatic ring is 1. The molecule has 0 aliphatic rings. The second-order valence-corrected chi connectivity index (χ2v) is 4.24. The van der Waals surface area contributed by atoms with Crippen LogP contribution in [-0.2, 0) is 11.2 Å². The Balaban J connectivity index is 2.51. The van der Waals surface area contributed by atoms with Crippen molar-refractivity contribution in [2.75, 3.05) is 19.4 Å². The van der Waals surface area contributed by atoms with Gasteiger partial charge < -0.3 is 15.7 Å². The maximum atomic E-state index is 11.8. The highest BCUT2D eigenvalue weighted by Gasteiger charge is 2.14. The smallest absolute Gasteiger partial charge is 0.222 e. The Bertz CT molecular complexity index is 379. The van der Waals surface area contributed by atoms with Crippen molar-refractivity contribution in [1.29, 1.82) is 0 Å². The molecule has 94 valence electrons. The molecule has 0 saturated carbocycles. The maximum absolute atomic E-state index is 11.8. The first-order valence-electron chi connectivity index (χ1n) is 5.76. The summed E-state index contributed by atoms with van der Waals surface area (Å²) >= 11 is 0. The van der Waals surface area contributed by atoms with Gasteiger partial charge in [-0.1, -0.05) is 18.2 Å². The monoisotopic (exact) mass is 236 g/mol. The first-order valence-corrected chi connectivity index (χ1v) is 5.76. The van der Waals surface area contributed by atoms with E-state index >= 15 is 0 Å². The molecule has 0 fully saturated rings. The van der Waals surface area contributed by atoms with Gasteiger partial charge in [0.1, 0.15) is 0 Å². The predicted molar refractivity (Wildman–Crippen MR) is 68.5 cm³/mol. The van der Waals surface area contributed by atoms with Crippen molar-refractivity contribution in [1.82, 2.24) is 4.90 Å². The number of anilines is 1. The zero-order chi connectivity index (χ0) is 12.8. The molecule has 0 saturated heterocycles. The van der Waals surface area contributed by atoms with Gasteiger partial charge in [0.15, 0.2) is 0 Å². The first kappa shape index (κ1) is 13.5. The van der Waals surface area contributed by atoms with E-state index in [1.165, 1.54) is 0 Å². The molecule has 0 aliphatic carbocycles. The molecule has 1 rings (SSSR count). The highest BCUT2D eigenvalue weighted by molar-refractivity contribution is 5.76. The van der Waals surface area contributed by atoms with Crippen LogP contribution in [0.25, 0.3) is 0 Å². The summed E-state index contributed by atoms with van der Waals surface area (Å²) in [5.74, 6) is 0.0230. The van der Waals surface area contributed by atoms with E-state index in [1.54, 1.807) is 11.9 Å². The molecule has 4 heteroatoms. The Morgan fingerprint density at radius 3 is 2.71 bits per heavy atom. The number of para-hydroxylation sites is 1. The second kappa shape index (κ2) is 6.25. The highest BCUT2D eigenvalue weighted by Crippen LogP contribution is 2.13. The molecule has 1 aromatic carbocycles. The fourth-order valence-electron chi connectivity index (χ4n) is 1.55. The number of hydrogen-bond acceptors (Lipinski definition) is 3. The van der Waals surface area contributed by atoms with Crippen LogP contribution in [0.2, 0.25) is 0 Å². The molecule has 17 heavy (non-hydrogen) atoms. The number of aryl methyl sites for hydroxylation is 1. The average Bonchev–Trinajstić information content (AvgIpc) is 2.35. The number of amides is 1. The van der Waals surface area contributed by atoms with Crippen LogP contribution in [0.5, 0.6) is 0 Å². The van der Waals surface area contributed by atoms with E-state index in [2.05, 4.69) is 0 Å². The molecule has 1 amide bonds. The van der Waals surface area contributed by atoms with Crippen LogP contribution in [-0.4, -0.2) is 35.6 Å². The number of nitrogens with zero attached hydrogens (tertiary/aromatic N) is 1.